The maximum Gasteiger partial charge on any atom is 0.255 e. The number of hydrogen-bond donors (Lipinski definition) is 2. The molecule has 5 heteroatoms. The molecule has 2 aromatic rings. The van der Waals surface area contributed by atoms with Crippen LogP contribution < -0.4 is 5.32 Å². The van der Waals surface area contributed by atoms with Crippen molar-refractivity contribution in [1.29, 1.82) is 0 Å². The zero-order valence-corrected chi connectivity index (χ0v) is 12.0. The monoisotopic (exact) mass is 371 g/mol. The molecule has 0 aromatic heterocycles. The van der Waals surface area contributed by atoms with Gasteiger partial charge in [0.05, 0.1) is 12.3 Å². The molecule has 0 aliphatic rings. The summed E-state index contributed by atoms with van der Waals surface area (Å²) in [6.45, 7) is -0.0757. The minimum atomic E-state index is -0.466. The fourth-order valence-electron chi connectivity index (χ4n) is 1.55. The van der Waals surface area contributed by atoms with E-state index in [1.165, 1.54) is 12.1 Å². The molecule has 0 aliphatic carbocycles. The number of halogens is 2. The highest BCUT2D eigenvalue weighted by Crippen LogP contribution is 2.18. The Morgan fingerprint density at radius 3 is 2.47 bits per heavy atom. The molecule has 0 spiro atoms. The van der Waals surface area contributed by atoms with Gasteiger partial charge in [-0.15, -0.1) is 0 Å². The molecule has 2 rings (SSSR count). The van der Waals surface area contributed by atoms with Crippen LogP contribution >= 0.6 is 22.6 Å². The number of aliphatic hydroxyl groups is 1. The van der Waals surface area contributed by atoms with Gasteiger partial charge in [0, 0.05) is 9.13 Å². The first-order valence-electron chi connectivity index (χ1n) is 5.56. The van der Waals surface area contributed by atoms with Crippen LogP contribution in [-0.2, 0) is 6.61 Å². The van der Waals surface area contributed by atoms with E-state index < -0.39 is 5.82 Å². The van der Waals surface area contributed by atoms with Gasteiger partial charge in [0.15, 0.2) is 0 Å². The van der Waals surface area contributed by atoms with Crippen molar-refractivity contribution in [1.82, 2.24) is 0 Å². The van der Waals surface area contributed by atoms with Crippen LogP contribution in [0.5, 0.6) is 0 Å². The Hall–Kier alpha value is -1.47. The average molecular weight is 371 g/mol. The van der Waals surface area contributed by atoms with Crippen LogP contribution in [0.3, 0.4) is 0 Å². The second-order valence-corrected chi connectivity index (χ2v) is 5.18. The maximum atomic E-state index is 13.6. The fraction of sp³-hybridized carbons (Fsp3) is 0.0714. The second-order valence-electron chi connectivity index (χ2n) is 3.93. The number of carbonyl (C=O) groups excluding carboxylic acids is 1. The molecule has 0 saturated heterocycles. The van der Waals surface area contributed by atoms with Gasteiger partial charge in [-0.25, -0.2) is 4.39 Å². The van der Waals surface area contributed by atoms with Gasteiger partial charge in [-0.3, -0.25) is 4.79 Å². The topological polar surface area (TPSA) is 49.3 Å². The summed E-state index contributed by atoms with van der Waals surface area (Å²) in [5.41, 5.74) is 1.28. The maximum absolute atomic E-state index is 13.6. The summed E-state index contributed by atoms with van der Waals surface area (Å²) in [6, 6.07) is 11.1. The standard InChI is InChI=1S/C14H11FINO2/c15-12-7-11(16)5-6-13(12)17-14(19)10-3-1-9(8-18)2-4-10/h1-7,18H,8H2,(H,17,19). The summed E-state index contributed by atoms with van der Waals surface area (Å²) in [6.07, 6.45) is 0. The number of amides is 1. The van der Waals surface area contributed by atoms with E-state index in [1.54, 1.807) is 30.3 Å². The molecule has 0 bridgehead atoms. The Labute approximate surface area is 123 Å². The van der Waals surface area contributed by atoms with Gasteiger partial charge >= 0.3 is 0 Å². The van der Waals surface area contributed by atoms with E-state index in [-0.39, 0.29) is 18.2 Å². The first kappa shape index (κ1) is 14.0. The van der Waals surface area contributed by atoms with E-state index in [4.69, 9.17) is 5.11 Å². The van der Waals surface area contributed by atoms with Gasteiger partial charge in [-0.2, -0.15) is 0 Å². The minimum absolute atomic E-state index is 0.0757. The van der Waals surface area contributed by atoms with Crippen LogP contribution in [0.15, 0.2) is 42.5 Å². The number of anilines is 1. The van der Waals surface area contributed by atoms with Crippen LogP contribution in [0.4, 0.5) is 10.1 Å². The first-order valence-corrected chi connectivity index (χ1v) is 6.64. The van der Waals surface area contributed by atoms with Crippen LogP contribution in [0, 0.1) is 9.39 Å². The molecule has 2 aromatic carbocycles. The summed E-state index contributed by atoms with van der Waals surface area (Å²) in [5, 5.41) is 11.4. The van der Waals surface area contributed by atoms with Crippen molar-refractivity contribution in [2.75, 3.05) is 5.32 Å². The van der Waals surface area contributed by atoms with E-state index in [9.17, 15) is 9.18 Å². The normalized spacial score (nSPS) is 10.3. The number of hydrogen-bond acceptors (Lipinski definition) is 2. The summed E-state index contributed by atoms with van der Waals surface area (Å²) in [7, 11) is 0. The van der Waals surface area contributed by atoms with Crippen LogP contribution in [0.2, 0.25) is 0 Å². The van der Waals surface area contributed by atoms with Crippen molar-refractivity contribution in [2.24, 2.45) is 0 Å². The number of benzene rings is 2. The van der Waals surface area contributed by atoms with Gasteiger partial charge in [0.25, 0.3) is 5.91 Å². The smallest absolute Gasteiger partial charge is 0.255 e. The highest BCUT2D eigenvalue weighted by Gasteiger charge is 2.09. The Bertz CT molecular complexity index is 599. The first-order chi connectivity index (χ1) is 9.10. The molecule has 0 unspecified atom stereocenters. The van der Waals surface area contributed by atoms with Gasteiger partial charge in [0.2, 0.25) is 0 Å². The van der Waals surface area contributed by atoms with Crippen molar-refractivity contribution >= 4 is 34.2 Å². The summed E-state index contributed by atoms with van der Waals surface area (Å²) >= 11 is 2.00. The van der Waals surface area contributed by atoms with E-state index in [0.29, 0.717) is 5.56 Å². The summed E-state index contributed by atoms with van der Waals surface area (Å²) < 4.78 is 14.4. The van der Waals surface area contributed by atoms with Gasteiger partial charge in [-0.05, 0) is 58.5 Å². The second kappa shape index (κ2) is 6.12. The molecule has 98 valence electrons. The molecule has 0 aliphatic heterocycles. The third-order valence-electron chi connectivity index (χ3n) is 2.58. The third kappa shape index (κ3) is 3.51. The molecule has 0 fully saturated rings. The molecule has 3 nitrogen and oxygen atoms in total. The van der Waals surface area contributed by atoms with Crippen LogP contribution in [0.25, 0.3) is 0 Å². The molecule has 2 N–H and O–H groups in total. The zero-order chi connectivity index (χ0) is 13.8. The molecule has 1 amide bonds. The number of nitrogens with one attached hydrogen (secondary N) is 1. The third-order valence-corrected chi connectivity index (χ3v) is 3.25. The molecule has 0 atom stereocenters. The number of aliphatic hydroxyl groups excluding tert-OH is 1. The Morgan fingerprint density at radius 2 is 1.89 bits per heavy atom. The lowest BCUT2D eigenvalue weighted by atomic mass is 10.1. The van der Waals surface area contributed by atoms with E-state index >= 15 is 0 Å². The number of carbonyl (C=O) groups is 1. The average Bonchev–Trinajstić information content (AvgIpc) is 2.42. The molecule has 19 heavy (non-hydrogen) atoms. The highest BCUT2D eigenvalue weighted by atomic mass is 127. The predicted molar refractivity (Wildman–Crippen MR) is 79.4 cm³/mol. The van der Waals surface area contributed by atoms with Crippen molar-refractivity contribution in [3.05, 3.63) is 63.0 Å². The highest BCUT2D eigenvalue weighted by molar-refractivity contribution is 14.1. The predicted octanol–water partition coefficient (Wildman–Crippen LogP) is 3.17. The largest absolute Gasteiger partial charge is 0.392 e. The van der Waals surface area contributed by atoms with Crippen molar-refractivity contribution < 1.29 is 14.3 Å². The fourth-order valence-corrected chi connectivity index (χ4v) is 2.00. The quantitative estimate of drug-likeness (QED) is 0.815. The lowest BCUT2D eigenvalue weighted by Crippen LogP contribution is -2.13. The Kier molecular flexibility index (Phi) is 4.49. The molecular weight excluding hydrogens is 360 g/mol. The molecule has 0 heterocycles. The van der Waals surface area contributed by atoms with Crippen molar-refractivity contribution in [2.45, 2.75) is 6.61 Å². The van der Waals surface area contributed by atoms with Crippen LogP contribution in [0.1, 0.15) is 15.9 Å². The summed E-state index contributed by atoms with van der Waals surface area (Å²) in [4.78, 5) is 11.9. The van der Waals surface area contributed by atoms with E-state index in [2.05, 4.69) is 5.32 Å². The van der Waals surface area contributed by atoms with E-state index in [1.807, 2.05) is 22.6 Å². The van der Waals surface area contributed by atoms with Crippen LogP contribution in [-0.4, -0.2) is 11.0 Å². The molecule has 0 radical (unpaired) electrons. The molecular formula is C14H11FINO2. The van der Waals surface area contributed by atoms with Gasteiger partial charge < -0.3 is 10.4 Å². The molecule has 0 saturated carbocycles. The van der Waals surface area contributed by atoms with Gasteiger partial charge in [0.1, 0.15) is 5.82 Å². The zero-order valence-electron chi connectivity index (χ0n) is 9.86. The van der Waals surface area contributed by atoms with Gasteiger partial charge in [-0.1, -0.05) is 12.1 Å². The Balaban J connectivity index is 2.15. The SMILES string of the molecule is O=C(Nc1ccc(I)cc1F)c1ccc(CO)cc1. The van der Waals surface area contributed by atoms with E-state index in [0.717, 1.165) is 9.13 Å². The lowest BCUT2D eigenvalue weighted by Gasteiger charge is -2.07. The van der Waals surface area contributed by atoms with Crippen molar-refractivity contribution in [3.63, 3.8) is 0 Å². The van der Waals surface area contributed by atoms with Crippen molar-refractivity contribution in [3.8, 4) is 0 Å². The summed E-state index contributed by atoms with van der Waals surface area (Å²) in [5.74, 6) is -0.850. The Morgan fingerprint density at radius 1 is 1.21 bits per heavy atom. The number of rotatable bonds is 3. The lowest BCUT2D eigenvalue weighted by molar-refractivity contribution is 0.102. The minimum Gasteiger partial charge on any atom is -0.392 e.